The summed E-state index contributed by atoms with van der Waals surface area (Å²) < 4.78 is 0. The molecule has 4 aliphatic heterocycles. The molecule has 2 amide bonds. The number of aliphatic imine (C=N–C) groups is 2. The summed E-state index contributed by atoms with van der Waals surface area (Å²) in [4.78, 5) is 57.4. The number of hydrogen-bond acceptors (Lipinski definition) is 6. The Bertz CT molecular complexity index is 1610. The first-order valence-electron chi connectivity index (χ1n) is 14.1. The zero-order chi connectivity index (χ0) is 31.6. The Kier molecular flexibility index (Phi) is 9.08. The van der Waals surface area contributed by atoms with Gasteiger partial charge in [-0.1, -0.05) is 25.3 Å². The molecule has 0 aromatic heterocycles. The van der Waals surface area contributed by atoms with Crippen molar-refractivity contribution < 1.29 is 29.4 Å². The Morgan fingerprint density at radius 2 is 1.21 bits per heavy atom. The number of aliphatic carboxylic acids is 2. The maximum atomic E-state index is 12.3. The van der Waals surface area contributed by atoms with E-state index in [1.165, 1.54) is 6.08 Å². The van der Waals surface area contributed by atoms with Crippen LogP contribution in [0.4, 0.5) is 0 Å². The van der Waals surface area contributed by atoms with E-state index < -0.39 is 11.9 Å². The molecule has 43 heavy (non-hydrogen) atoms. The van der Waals surface area contributed by atoms with Crippen LogP contribution >= 0.6 is 0 Å². The highest BCUT2D eigenvalue weighted by Gasteiger charge is 2.34. The van der Waals surface area contributed by atoms with Crippen LogP contribution in [-0.2, 0) is 19.2 Å². The topological polar surface area (TPSA) is 158 Å². The van der Waals surface area contributed by atoms with E-state index in [9.17, 15) is 29.4 Å². The molecule has 0 fully saturated rings. The highest BCUT2D eigenvalue weighted by atomic mass is 16.4. The molecular weight excluding hydrogens is 548 g/mol. The molecule has 0 aromatic carbocycles. The number of nitrogens with zero attached hydrogens (tertiary/aromatic N) is 2. The molecule has 0 aliphatic carbocycles. The molecule has 2 atom stereocenters. The van der Waals surface area contributed by atoms with Crippen LogP contribution in [-0.4, -0.2) is 45.4 Å². The van der Waals surface area contributed by atoms with Gasteiger partial charge in [-0.25, -0.2) is 0 Å². The number of carbonyl (C=O) groups is 4. The highest BCUT2D eigenvalue weighted by molar-refractivity contribution is 6.11. The van der Waals surface area contributed by atoms with Crippen LogP contribution in [0.15, 0.2) is 104 Å². The normalized spacial score (nSPS) is 23.9. The summed E-state index contributed by atoms with van der Waals surface area (Å²) in [6.45, 7) is 14.9. The summed E-state index contributed by atoms with van der Waals surface area (Å²) in [5.74, 6) is -2.81. The lowest BCUT2D eigenvalue weighted by molar-refractivity contribution is -0.138. The third-order valence-electron chi connectivity index (χ3n) is 8.40. The second kappa shape index (κ2) is 12.6. The molecule has 4 N–H and O–H groups in total. The van der Waals surface area contributed by atoms with Gasteiger partial charge in [0.2, 0.25) is 0 Å². The molecule has 0 spiro atoms. The first-order chi connectivity index (χ1) is 20.4. The maximum Gasteiger partial charge on any atom is 0.303 e. The molecule has 0 aromatic rings. The summed E-state index contributed by atoms with van der Waals surface area (Å²) in [5, 5.41) is 24.6. The standard InChI is InChI=1S/C33H36N4O6/c1-7-20-19(6)32(42)37-27(20)14-25-18(5)23(10-12-31(40)41)29(35-25)15-28-22(9-11-30(38)39)17(4)24(34-28)13-26-16(3)21(8-2)33(43)36-26/h7-8,13-14,22-23H,1-2,9-12,15H2,3-6H3,(H,36,43)(H,37,42)(H,38,39)(H,40,41). The number of rotatable bonds is 12. The molecule has 10 nitrogen and oxygen atoms in total. The van der Waals surface area contributed by atoms with Crippen LogP contribution < -0.4 is 10.6 Å². The van der Waals surface area contributed by atoms with E-state index in [2.05, 4.69) is 23.8 Å². The fourth-order valence-corrected chi connectivity index (χ4v) is 5.85. The van der Waals surface area contributed by atoms with Crippen molar-refractivity contribution in [2.45, 2.75) is 59.8 Å². The molecule has 0 bridgehead atoms. The van der Waals surface area contributed by atoms with Crippen molar-refractivity contribution in [3.8, 4) is 0 Å². The average Bonchev–Trinajstić information content (AvgIpc) is 3.59. The highest BCUT2D eigenvalue weighted by Crippen LogP contribution is 2.38. The Labute approximate surface area is 250 Å². The number of carboxylic acid groups (broad SMARTS) is 2. The molecule has 4 aliphatic rings. The van der Waals surface area contributed by atoms with Crippen LogP contribution in [0.25, 0.3) is 0 Å². The monoisotopic (exact) mass is 584 g/mol. The lowest BCUT2D eigenvalue weighted by Gasteiger charge is -2.18. The van der Waals surface area contributed by atoms with Crippen molar-refractivity contribution in [2.24, 2.45) is 21.8 Å². The molecule has 4 heterocycles. The minimum atomic E-state index is -0.917. The van der Waals surface area contributed by atoms with Crippen LogP contribution in [0.3, 0.4) is 0 Å². The first-order valence-corrected chi connectivity index (χ1v) is 14.1. The minimum Gasteiger partial charge on any atom is -0.481 e. The van der Waals surface area contributed by atoms with Crippen molar-refractivity contribution in [2.75, 3.05) is 0 Å². The largest absolute Gasteiger partial charge is 0.481 e. The summed E-state index contributed by atoms with van der Waals surface area (Å²) in [6.07, 6.45) is 7.58. The number of amides is 2. The van der Waals surface area contributed by atoms with Crippen LogP contribution in [0.5, 0.6) is 0 Å². The molecular formula is C33H36N4O6. The van der Waals surface area contributed by atoms with Gasteiger partial charge < -0.3 is 20.8 Å². The predicted octanol–water partition coefficient (Wildman–Crippen LogP) is 4.83. The van der Waals surface area contributed by atoms with Gasteiger partial charge in [-0.15, -0.1) is 0 Å². The fraction of sp³-hybridized carbons (Fsp3) is 0.333. The van der Waals surface area contributed by atoms with Gasteiger partial charge in [-0.2, -0.15) is 0 Å². The van der Waals surface area contributed by atoms with Gasteiger partial charge in [0.05, 0.1) is 17.1 Å². The van der Waals surface area contributed by atoms with Gasteiger partial charge >= 0.3 is 11.9 Å². The van der Waals surface area contributed by atoms with Crippen molar-refractivity contribution in [3.63, 3.8) is 0 Å². The number of hydrogen-bond donors (Lipinski definition) is 4. The smallest absolute Gasteiger partial charge is 0.303 e. The molecule has 0 radical (unpaired) electrons. The summed E-state index contributed by atoms with van der Waals surface area (Å²) in [7, 11) is 0. The molecule has 0 saturated heterocycles. The Balaban J connectivity index is 1.71. The van der Waals surface area contributed by atoms with Gasteiger partial charge in [0.1, 0.15) is 0 Å². The predicted molar refractivity (Wildman–Crippen MR) is 164 cm³/mol. The Hall–Kier alpha value is -4.86. The van der Waals surface area contributed by atoms with E-state index >= 15 is 0 Å². The van der Waals surface area contributed by atoms with Gasteiger partial charge in [0, 0.05) is 64.9 Å². The van der Waals surface area contributed by atoms with Crippen LogP contribution in [0.2, 0.25) is 0 Å². The van der Waals surface area contributed by atoms with E-state index in [4.69, 9.17) is 9.98 Å². The Morgan fingerprint density at radius 3 is 1.65 bits per heavy atom. The number of nitrogens with one attached hydrogen (secondary N) is 2. The van der Waals surface area contributed by atoms with Crippen molar-refractivity contribution in [3.05, 3.63) is 93.7 Å². The van der Waals surface area contributed by atoms with Gasteiger partial charge in [0.25, 0.3) is 11.8 Å². The zero-order valence-electron chi connectivity index (χ0n) is 24.8. The summed E-state index contributed by atoms with van der Waals surface area (Å²) in [5.41, 5.74) is 8.18. The number of allylic oxidation sites excluding steroid dienone is 6. The number of carbonyl (C=O) groups excluding carboxylic acids is 2. The SMILES string of the molecule is C=CC1=C(C)C(=CC2=C(C)C(CCC(=O)O)C(CC3=NC(C=C4NC(=O)C(C)=C4C=C)=C(C)C3CCC(=O)O)=N2)NC1=O. The van der Waals surface area contributed by atoms with Crippen LogP contribution in [0.1, 0.15) is 59.8 Å². The van der Waals surface area contributed by atoms with Crippen LogP contribution in [0, 0.1) is 11.8 Å². The number of carboxylic acids is 2. The molecule has 2 unspecified atom stereocenters. The fourth-order valence-electron chi connectivity index (χ4n) is 5.85. The van der Waals surface area contributed by atoms with Crippen molar-refractivity contribution in [1.82, 2.24) is 10.6 Å². The summed E-state index contributed by atoms with van der Waals surface area (Å²) >= 11 is 0. The third kappa shape index (κ3) is 6.33. The van der Waals surface area contributed by atoms with Gasteiger partial charge in [-0.3, -0.25) is 29.2 Å². The second-order valence-corrected chi connectivity index (χ2v) is 11.0. The van der Waals surface area contributed by atoms with E-state index in [1.54, 1.807) is 25.2 Å². The maximum absolute atomic E-state index is 12.3. The molecule has 10 heteroatoms. The molecule has 0 saturated carbocycles. The first kappa shape index (κ1) is 31.1. The average molecular weight is 585 g/mol. The molecule has 4 rings (SSSR count). The zero-order valence-corrected chi connectivity index (χ0v) is 24.8. The summed E-state index contributed by atoms with van der Waals surface area (Å²) in [6, 6.07) is 0. The van der Waals surface area contributed by atoms with E-state index in [0.29, 0.717) is 58.8 Å². The lowest BCUT2D eigenvalue weighted by Crippen LogP contribution is -2.22. The third-order valence-corrected chi connectivity index (χ3v) is 8.40. The van der Waals surface area contributed by atoms with Crippen molar-refractivity contribution >= 4 is 35.2 Å². The second-order valence-electron chi connectivity index (χ2n) is 11.0. The molecule has 224 valence electrons. The van der Waals surface area contributed by atoms with E-state index in [1.807, 2.05) is 20.8 Å². The van der Waals surface area contributed by atoms with Gasteiger partial charge in [0.15, 0.2) is 0 Å². The quantitative estimate of drug-likeness (QED) is 0.257. The van der Waals surface area contributed by atoms with E-state index in [0.717, 1.165) is 28.1 Å². The Morgan fingerprint density at radius 1 is 0.744 bits per heavy atom. The van der Waals surface area contributed by atoms with Crippen molar-refractivity contribution in [1.29, 1.82) is 0 Å². The van der Waals surface area contributed by atoms with E-state index in [-0.39, 0.29) is 36.5 Å². The lowest BCUT2D eigenvalue weighted by atomic mass is 9.84. The van der Waals surface area contributed by atoms with Gasteiger partial charge in [-0.05, 0) is 69.4 Å². The minimum absolute atomic E-state index is 0.0551.